The van der Waals surface area contributed by atoms with E-state index in [1.54, 1.807) is 0 Å². The Hall–Kier alpha value is -1.89. The summed E-state index contributed by atoms with van der Waals surface area (Å²) in [5.41, 5.74) is 2.52. The molecule has 0 heterocycles. The predicted octanol–water partition coefficient (Wildman–Crippen LogP) is 2.65. The number of carbonyl (C=O) groups is 1. The minimum atomic E-state index is -3.99. The molecule has 0 saturated carbocycles. The van der Waals surface area contributed by atoms with Crippen molar-refractivity contribution in [1.82, 2.24) is 5.32 Å². The molecule has 2 aromatic rings. The van der Waals surface area contributed by atoms with Crippen LogP contribution in [0.2, 0.25) is 5.02 Å². The average molecular weight is 365 g/mol. The first kappa shape index (κ1) is 17.0. The van der Waals surface area contributed by atoms with Gasteiger partial charge in [0.25, 0.3) is 5.91 Å². The third-order valence-electron chi connectivity index (χ3n) is 4.29. The Kier molecular flexibility index (Phi) is 4.38. The minimum Gasteiger partial charge on any atom is -0.345 e. The first-order valence-electron chi connectivity index (χ1n) is 7.48. The zero-order chi connectivity index (χ0) is 17.5. The van der Waals surface area contributed by atoms with E-state index < -0.39 is 10.0 Å². The number of fused-ring (bicyclic) bond motifs is 1. The van der Waals surface area contributed by atoms with Crippen molar-refractivity contribution < 1.29 is 13.2 Å². The quantitative estimate of drug-likeness (QED) is 0.877. The lowest BCUT2D eigenvalue weighted by molar-refractivity contribution is 0.0927. The maximum Gasteiger partial charge on any atom is 0.251 e. The number of hydrogen-bond donors (Lipinski definition) is 2. The molecule has 1 aliphatic carbocycles. The highest BCUT2D eigenvalue weighted by Gasteiger charge is 2.30. The summed E-state index contributed by atoms with van der Waals surface area (Å²) in [5, 5.41) is 8.11. The van der Waals surface area contributed by atoms with Crippen LogP contribution in [0.25, 0.3) is 0 Å². The minimum absolute atomic E-state index is 0.00590. The highest BCUT2D eigenvalue weighted by atomic mass is 35.5. The maximum atomic E-state index is 12.6. The number of hydrogen-bond acceptors (Lipinski definition) is 3. The first-order chi connectivity index (χ1) is 11.3. The molecule has 1 aliphatic rings. The van der Waals surface area contributed by atoms with E-state index in [2.05, 4.69) is 18.3 Å². The van der Waals surface area contributed by atoms with Crippen LogP contribution >= 0.6 is 11.6 Å². The predicted molar refractivity (Wildman–Crippen MR) is 92.3 cm³/mol. The second-order valence-electron chi connectivity index (χ2n) is 6.02. The third-order valence-corrected chi connectivity index (χ3v) is 5.68. The van der Waals surface area contributed by atoms with Gasteiger partial charge in [0.2, 0.25) is 10.0 Å². The molecule has 24 heavy (non-hydrogen) atoms. The number of primary sulfonamides is 1. The van der Waals surface area contributed by atoms with Crippen LogP contribution in [0.1, 0.15) is 34.5 Å². The summed E-state index contributed by atoms with van der Waals surface area (Å²) in [6.45, 7) is 2.07. The van der Waals surface area contributed by atoms with E-state index in [0.29, 0.717) is 0 Å². The van der Waals surface area contributed by atoms with E-state index in [4.69, 9.17) is 16.7 Å². The number of amides is 1. The number of nitrogens with two attached hydrogens (primary N) is 1. The molecular weight excluding hydrogens is 348 g/mol. The van der Waals surface area contributed by atoms with Crippen LogP contribution in [0.5, 0.6) is 0 Å². The van der Waals surface area contributed by atoms with E-state index >= 15 is 0 Å². The van der Waals surface area contributed by atoms with Crippen molar-refractivity contribution >= 4 is 27.5 Å². The Morgan fingerprint density at radius 2 is 1.96 bits per heavy atom. The lowest BCUT2D eigenvalue weighted by atomic mass is 10.0. The second-order valence-corrected chi connectivity index (χ2v) is 7.96. The van der Waals surface area contributed by atoms with Gasteiger partial charge in [0.05, 0.1) is 11.1 Å². The Labute approximate surface area is 145 Å². The zero-order valence-electron chi connectivity index (χ0n) is 13.0. The lowest BCUT2D eigenvalue weighted by Gasteiger charge is -2.19. The number of rotatable bonds is 3. The largest absolute Gasteiger partial charge is 0.345 e. The van der Waals surface area contributed by atoms with Gasteiger partial charge in [-0.05, 0) is 41.7 Å². The van der Waals surface area contributed by atoms with Crippen molar-refractivity contribution in [1.29, 1.82) is 0 Å². The molecule has 7 heteroatoms. The number of halogens is 1. The summed E-state index contributed by atoms with van der Waals surface area (Å²) in [6.07, 6.45) is 0.893. The normalized spacial score (nSPS) is 19.8. The molecule has 1 amide bonds. The van der Waals surface area contributed by atoms with Crippen molar-refractivity contribution in [2.45, 2.75) is 24.3 Å². The summed E-state index contributed by atoms with van der Waals surface area (Å²) < 4.78 is 23.1. The summed E-state index contributed by atoms with van der Waals surface area (Å²) in [6, 6.07) is 11.9. The van der Waals surface area contributed by atoms with Gasteiger partial charge in [-0.3, -0.25) is 4.79 Å². The van der Waals surface area contributed by atoms with Crippen LogP contribution in [0, 0.1) is 5.92 Å². The smallest absolute Gasteiger partial charge is 0.251 e. The third kappa shape index (κ3) is 3.17. The molecule has 2 unspecified atom stereocenters. The van der Waals surface area contributed by atoms with Crippen LogP contribution in [-0.4, -0.2) is 14.3 Å². The van der Waals surface area contributed by atoms with E-state index in [9.17, 15) is 13.2 Å². The topological polar surface area (TPSA) is 89.3 Å². The monoisotopic (exact) mass is 364 g/mol. The molecule has 5 nitrogen and oxygen atoms in total. The molecule has 0 bridgehead atoms. The van der Waals surface area contributed by atoms with Crippen molar-refractivity contribution in [3.05, 3.63) is 64.2 Å². The van der Waals surface area contributed by atoms with Crippen LogP contribution in [0.3, 0.4) is 0 Å². The highest BCUT2D eigenvalue weighted by molar-refractivity contribution is 7.89. The van der Waals surface area contributed by atoms with E-state index in [1.807, 2.05) is 18.2 Å². The highest BCUT2D eigenvalue weighted by Crippen LogP contribution is 2.35. The summed E-state index contributed by atoms with van der Waals surface area (Å²) >= 11 is 5.86. The summed E-state index contributed by atoms with van der Waals surface area (Å²) in [7, 11) is -3.99. The number of sulfonamides is 1. The fraction of sp³-hybridized carbons (Fsp3) is 0.235. The van der Waals surface area contributed by atoms with Crippen molar-refractivity contribution in [2.75, 3.05) is 0 Å². The fourth-order valence-corrected chi connectivity index (χ4v) is 4.17. The molecule has 3 rings (SSSR count). The molecule has 0 aromatic heterocycles. The SMILES string of the molecule is CC1Cc2ccccc2C1NC(=O)c1ccc(Cl)c(S(N)(=O)=O)c1. The number of nitrogens with one attached hydrogen (secondary N) is 1. The second kappa shape index (κ2) is 6.20. The van der Waals surface area contributed by atoms with Gasteiger partial charge in [-0.1, -0.05) is 42.8 Å². The van der Waals surface area contributed by atoms with Gasteiger partial charge in [-0.2, -0.15) is 0 Å². The molecule has 126 valence electrons. The Bertz CT molecular complexity index is 912. The van der Waals surface area contributed by atoms with Crippen LogP contribution in [-0.2, 0) is 16.4 Å². The summed E-state index contributed by atoms with van der Waals surface area (Å²) in [5.74, 6) is -0.0959. The molecule has 0 aliphatic heterocycles. The molecule has 0 radical (unpaired) electrons. The van der Waals surface area contributed by atoms with Gasteiger partial charge in [0.1, 0.15) is 4.90 Å². The van der Waals surface area contributed by atoms with Gasteiger partial charge >= 0.3 is 0 Å². The van der Waals surface area contributed by atoms with Gasteiger partial charge in [0.15, 0.2) is 0 Å². The van der Waals surface area contributed by atoms with E-state index in [-0.39, 0.29) is 33.3 Å². The Morgan fingerprint density at radius 1 is 1.25 bits per heavy atom. The molecule has 0 saturated heterocycles. The van der Waals surface area contributed by atoms with Crippen molar-refractivity contribution in [3.63, 3.8) is 0 Å². The van der Waals surface area contributed by atoms with Gasteiger partial charge in [-0.25, -0.2) is 13.6 Å². The molecular formula is C17H17ClN2O3S. The first-order valence-corrected chi connectivity index (χ1v) is 9.41. The van der Waals surface area contributed by atoms with Gasteiger partial charge in [0, 0.05) is 5.56 Å². The molecule has 2 aromatic carbocycles. The van der Waals surface area contributed by atoms with E-state index in [0.717, 1.165) is 12.0 Å². The van der Waals surface area contributed by atoms with Crippen LogP contribution in [0.15, 0.2) is 47.4 Å². The number of carbonyl (C=O) groups excluding carboxylic acids is 1. The van der Waals surface area contributed by atoms with Gasteiger partial charge < -0.3 is 5.32 Å². The zero-order valence-corrected chi connectivity index (χ0v) is 14.6. The van der Waals surface area contributed by atoms with Crippen LogP contribution in [0.4, 0.5) is 0 Å². The van der Waals surface area contributed by atoms with Crippen molar-refractivity contribution in [3.8, 4) is 0 Å². The fourth-order valence-electron chi connectivity index (χ4n) is 3.10. The van der Waals surface area contributed by atoms with Crippen LogP contribution < -0.4 is 10.5 Å². The standard InChI is InChI=1S/C17H17ClN2O3S/c1-10-8-11-4-2-3-5-13(11)16(10)20-17(21)12-6-7-14(18)15(9-12)24(19,22)23/h2-7,9-10,16H,8H2,1H3,(H,20,21)(H2,19,22,23). The number of benzene rings is 2. The summed E-state index contributed by atoms with van der Waals surface area (Å²) in [4.78, 5) is 12.3. The van der Waals surface area contributed by atoms with Crippen molar-refractivity contribution in [2.24, 2.45) is 11.1 Å². The maximum absolute atomic E-state index is 12.6. The van der Waals surface area contributed by atoms with Gasteiger partial charge in [-0.15, -0.1) is 0 Å². The van der Waals surface area contributed by atoms with E-state index in [1.165, 1.54) is 23.8 Å². The molecule has 2 atom stereocenters. The molecule has 0 fully saturated rings. The molecule has 0 spiro atoms. The average Bonchev–Trinajstić information content (AvgIpc) is 2.82. The Morgan fingerprint density at radius 3 is 2.67 bits per heavy atom. The lowest BCUT2D eigenvalue weighted by Crippen LogP contribution is -2.30. The molecule has 3 N–H and O–H groups in total. The Balaban J connectivity index is 1.89.